The zero-order valence-electron chi connectivity index (χ0n) is 12.1. The lowest BCUT2D eigenvalue weighted by Gasteiger charge is -2.16. The lowest BCUT2D eigenvalue weighted by atomic mass is 10.0. The lowest BCUT2D eigenvalue weighted by Crippen LogP contribution is -2.28. The van der Waals surface area contributed by atoms with E-state index in [0.717, 1.165) is 11.1 Å². The minimum atomic E-state index is -0.979. The van der Waals surface area contributed by atoms with E-state index in [9.17, 15) is 14.3 Å². The second-order valence-corrected chi connectivity index (χ2v) is 5.15. The van der Waals surface area contributed by atoms with Crippen LogP contribution in [0.5, 0.6) is 0 Å². The number of carboxylic acid groups (broad SMARTS) is 1. The molecule has 0 fully saturated rings. The van der Waals surface area contributed by atoms with Crippen LogP contribution in [0.4, 0.5) is 4.39 Å². The number of aliphatic carboxylic acids is 1. The standard InChI is InChI=1S/C17H18FNO2/c1-11-3-5-13(6-4-11)10-19-16(17(20)21)14-7-8-15(18)12(2)9-14/h3-9,16,19H,10H2,1-2H3,(H,20,21). The summed E-state index contributed by atoms with van der Waals surface area (Å²) < 4.78 is 13.3. The highest BCUT2D eigenvalue weighted by Gasteiger charge is 2.19. The number of aryl methyl sites for hydroxylation is 2. The van der Waals surface area contributed by atoms with Gasteiger partial charge in [-0.25, -0.2) is 4.39 Å². The van der Waals surface area contributed by atoms with Crippen molar-refractivity contribution in [3.8, 4) is 0 Å². The maximum Gasteiger partial charge on any atom is 0.325 e. The largest absolute Gasteiger partial charge is 0.480 e. The molecule has 0 aromatic heterocycles. The lowest BCUT2D eigenvalue weighted by molar-refractivity contribution is -0.139. The minimum absolute atomic E-state index is 0.332. The maximum absolute atomic E-state index is 13.3. The van der Waals surface area contributed by atoms with Gasteiger partial charge >= 0.3 is 5.97 Å². The topological polar surface area (TPSA) is 49.3 Å². The van der Waals surface area contributed by atoms with Crippen LogP contribution in [0.25, 0.3) is 0 Å². The van der Waals surface area contributed by atoms with Crippen molar-refractivity contribution >= 4 is 5.97 Å². The summed E-state index contributed by atoms with van der Waals surface area (Å²) in [5.74, 6) is -1.31. The van der Waals surface area contributed by atoms with E-state index in [4.69, 9.17) is 0 Å². The van der Waals surface area contributed by atoms with Crippen molar-refractivity contribution in [2.75, 3.05) is 0 Å². The third kappa shape index (κ3) is 3.89. The molecule has 0 aliphatic carbocycles. The highest BCUT2D eigenvalue weighted by atomic mass is 19.1. The highest BCUT2D eigenvalue weighted by molar-refractivity contribution is 5.75. The van der Waals surface area contributed by atoms with Crippen molar-refractivity contribution in [2.45, 2.75) is 26.4 Å². The SMILES string of the molecule is Cc1ccc(CNC(C(=O)O)c2ccc(F)c(C)c2)cc1. The van der Waals surface area contributed by atoms with Gasteiger partial charge in [-0.05, 0) is 36.6 Å². The molecule has 0 bridgehead atoms. The molecule has 110 valence electrons. The molecule has 0 aliphatic heterocycles. The smallest absolute Gasteiger partial charge is 0.325 e. The van der Waals surface area contributed by atoms with Crippen molar-refractivity contribution in [2.24, 2.45) is 0 Å². The minimum Gasteiger partial charge on any atom is -0.480 e. The Hall–Kier alpha value is -2.20. The van der Waals surface area contributed by atoms with Gasteiger partial charge in [0.25, 0.3) is 0 Å². The van der Waals surface area contributed by atoms with Crippen LogP contribution in [0.3, 0.4) is 0 Å². The summed E-state index contributed by atoms with van der Waals surface area (Å²) in [6.45, 7) is 4.06. The molecule has 0 amide bonds. The molecule has 0 heterocycles. The predicted molar refractivity (Wildman–Crippen MR) is 79.5 cm³/mol. The third-order valence-corrected chi connectivity index (χ3v) is 3.39. The molecule has 2 aromatic rings. The number of benzene rings is 2. The molecule has 1 unspecified atom stereocenters. The van der Waals surface area contributed by atoms with Gasteiger partial charge in [0.1, 0.15) is 11.9 Å². The molecule has 1 atom stereocenters. The van der Waals surface area contributed by atoms with Crippen molar-refractivity contribution in [3.05, 3.63) is 70.5 Å². The summed E-state index contributed by atoms with van der Waals surface area (Å²) in [6, 6.07) is 11.4. The molecule has 21 heavy (non-hydrogen) atoms. The second kappa shape index (κ2) is 6.50. The van der Waals surface area contributed by atoms with E-state index in [0.29, 0.717) is 17.7 Å². The monoisotopic (exact) mass is 287 g/mol. The Bertz CT molecular complexity index is 638. The van der Waals surface area contributed by atoms with E-state index in [-0.39, 0.29) is 5.82 Å². The van der Waals surface area contributed by atoms with Crippen LogP contribution < -0.4 is 5.32 Å². The first-order valence-corrected chi connectivity index (χ1v) is 6.75. The molecule has 2 rings (SSSR count). The van der Waals surface area contributed by atoms with Crippen LogP contribution in [0.15, 0.2) is 42.5 Å². The van der Waals surface area contributed by atoms with Crippen LogP contribution in [-0.4, -0.2) is 11.1 Å². The highest BCUT2D eigenvalue weighted by Crippen LogP contribution is 2.18. The van der Waals surface area contributed by atoms with E-state index in [1.54, 1.807) is 13.0 Å². The normalized spacial score (nSPS) is 12.1. The van der Waals surface area contributed by atoms with Crippen LogP contribution >= 0.6 is 0 Å². The van der Waals surface area contributed by atoms with E-state index < -0.39 is 12.0 Å². The van der Waals surface area contributed by atoms with Crippen LogP contribution in [-0.2, 0) is 11.3 Å². The van der Waals surface area contributed by atoms with Gasteiger partial charge < -0.3 is 5.11 Å². The van der Waals surface area contributed by atoms with Crippen molar-refractivity contribution < 1.29 is 14.3 Å². The van der Waals surface area contributed by atoms with E-state index in [2.05, 4.69) is 5.32 Å². The Balaban J connectivity index is 2.14. The van der Waals surface area contributed by atoms with E-state index in [1.165, 1.54) is 12.1 Å². The molecule has 0 radical (unpaired) electrons. The predicted octanol–water partition coefficient (Wildman–Crippen LogP) is 3.36. The first kappa shape index (κ1) is 15.2. The summed E-state index contributed by atoms with van der Waals surface area (Å²) in [7, 11) is 0. The van der Waals surface area contributed by atoms with Crippen molar-refractivity contribution in [1.29, 1.82) is 0 Å². The summed E-state index contributed by atoms with van der Waals surface area (Å²) in [4.78, 5) is 11.4. The van der Waals surface area contributed by atoms with Crippen molar-refractivity contribution in [1.82, 2.24) is 5.32 Å². The zero-order chi connectivity index (χ0) is 15.4. The maximum atomic E-state index is 13.3. The fraction of sp³-hybridized carbons (Fsp3) is 0.235. The number of carbonyl (C=O) groups is 1. The van der Waals surface area contributed by atoms with Gasteiger partial charge in [-0.2, -0.15) is 0 Å². The Labute approximate surface area is 123 Å². The number of carboxylic acids is 1. The number of halogens is 1. The van der Waals surface area contributed by atoms with E-state index in [1.807, 2.05) is 31.2 Å². The molecule has 2 aromatic carbocycles. The Kier molecular flexibility index (Phi) is 4.70. The zero-order valence-corrected chi connectivity index (χ0v) is 12.1. The molecule has 0 saturated carbocycles. The van der Waals surface area contributed by atoms with Gasteiger partial charge in [-0.3, -0.25) is 10.1 Å². The average Bonchev–Trinajstić information content (AvgIpc) is 2.44. The van der Waals surface area contributed by atoms with Gasteiger partial charge in [0.2, 0.25) is 0 Å². The molecule has 0 aliphatic rings. The molecular formula is C17H18FNO2. The first-order chi connectivity index (χ1) is 9.97. The number of nitrogens with one attached hydrogen (secondary N) is 1. The Morgan fingerprint density at radius 2 is 1.86 bits per heavy atom. The molecule has 4 heteroatoms. The third-order valence-electron chi connectivity index (χ3n) is 3.39. The number of hydrogen-bond acceptors (Lipinski definition) is 2. The van der Waals surface area contributed by atoms with Gasteiger partial charge in [0, 0.05) is 6.54 Å². The fourth-order valence-corrected chi connectivity index (χ4v) is 2.12. The van der Waals surface area contributed by atoms with E-state index >= 15 is 0 Å². The summed E-state index contributed by atoms with van der Waals surface area (Å²) >= 11 is 0. The van der Waals surface area contributed by atoms with Gasteiger partial charge in [-0.15, -0.1) is 0 Å². The van der Waals surface area contributed by atoms with Crippen LogP contribution in [0, 0.1) is 19.7 Å². The second-order valence-electron chi connectivity index (χ2n) is 5.15. The first-order valence-electron chi connectivity index (χ1n) is 6.75. The van der Waals surface area contributed by atoms with Crippen LogP contribution in [0.2, 0.25) is 0 Å². The Morgan fingerprint density at radius 1 is 1.19 bits per heavy atom. The van der Waals surface area contributed by atoms with Gasteiger partial charge in [-0.1, -0.05) is 42.0 Å². The van der Waals surface area contributed by atoms with Crippen molar-refractivity contribution in [3.63, 3.8) is 0 Å². The molecule has 0 spiro atoms. The molecule has 2 N–H and O–H groups in total. The quantitative estimate of drug-likeness (QED) is 0.886. The number of hydrogen-bond donors (Lipinski definition) is 2. The Morgan fingerprint density at radius 3 is 2.43 bits per heavy atom. The molecule has 0 saturated heterocycles. The summed E-state index contributed by atoms with van der Waals surface area (Å²) in [6.07, 6.45) is 0. The number of rotatable bonds is 5. The van der Waals surface area contributed by atoms with Gasteiger partial charge in [0.05, 0.1) is 0 Å². The summed E-state index contributed by atoms with van der Waals surface area (Å²) in [5, 5.41) is 12.3. The average molecular weight is 287 g/mol. The van der Waals surface area contributed by atoms with Crippen LogP contribution in [0.1, 0.15) is 28.3 Å². The van der Waals surface area contributed by atoms with Gasteiger partial charge in [0.15, 0.2) is 0 Å². The summed E-state index contributed by atoms with van der Waals surface area (Å²) in [5.41, 5.74) is 3.15. The molecular weight excluding hydrogens is 269 g/mol. The fourth-order valence-electron chi connectivity index (χ4n) is 2.12. The molecule has 3 nitrogen and oxygen atoms in total.